The molecule has 0 aliphatic carbocycles. The summed E-state index contributed by atoms with van der Waals surface area (Å²) < 4.78 is 47.6. The van der Waals surface area contributed by atoms with E-state index in [0.29, 0.717) is 16.5 Å². The van der Waals surface area contributed by atoms with E-state index in [-0.39, 0.29) is 54.3 Å². The number of nitrogens with one attached hydrogen (secondary N) is 1. The molecule has 1 aromatic heterocycles. The van der Waals surface area contributed by atoms with Crippen LogP contribution in [0, 0.1) is 5.82 Å². The minimum atomic E-state index is -3.46. The predicted molar refractivity (Wildman–Crippen MR) is 146 cm³/mol. The van der Waals surface area contributed by atoms with Crippen molar-refractivity contribution >= 4 is 47.5 Å². The summed E-state index contributed by atoms with van der Waals surface area (Å²) in [6.07, 6.45) is -0.488. The van der Waals surface area contributed by atoms with Gasteiger partial charge in [0.25, 0.3) is 0 Å². The van der Waals surface area contributed by atoms with Crippen LogP contribution in [0.15, 0.2) is 42.6 Å². The van der Waals surface area contributed by atoms with E-state index in [1.54, 1.807) is 25.1 Å². The number of likely N-dealkylation sites (tertiary alicyclic amines) is 1. The van der Waals surface area contributed by atoms with Gasteiger partial charge in [0, 0.05) is 47.9 Å². The Kier molecular flexibility index (Phi) is 8.97. The Morgan fingerprint density at radius 3 is 2.70 bits per heavy atom. The van der Waals surface area contributed by atoms with Gasteiger partial charge in [0.1, 0.15) is 30.3 Å². The second-order valence-electron chi connectivity index (χ2n) is 9.67. The van der Waals surface area contributed by atoms with Crippen LogP contribution in [0.3, 0.4) is 0 Å². The standard InChI is InChI=1S/C27H29ClF2N3O6P/c1-3-40(37,38)15-39-19-7-8-20-21(16(2)34)13-32(23(20)10-19)14-25(35)33-12-18(29)9-24(33)27(36)31-11-17-5-4-6-22(28)26(17)30/h4-8,10,13,18,24H,3,9,11-12,14-15H2,1-2H3,(H,31,36)(H,37,38). The lowest BCUT2D eigenvalue weighted by Crippen LogP contribution is -2.46. The fourth-order valence-electron chi connectivity index (χ4n) is 4.57. The lowest BCUT2D eigenvalue weighted by atomic mass is 10.1. The molecule has 2 N–H and O–H groups in total. The molecular weight excluding hydrogens is 567 g/mol. The highest BCUT2D eigenvalue weighted by Crippen LogP contribution is 2.40. The number of fused-ring (bicyclic) bond motifs is 1. The highest BCUT2D eigenvalue weighted by Gasteiger charge is 2.39. The molecule has 1 aliphatic heterocycles. The van der Waals surface area contributed by atoms with Gasteiger partial charge in [-0.25, -0.2) is 8.78 Å². The number of ketones is 1. The van der Waals surface area contributed by atoms with Gasteiger partial charge in [-0.05, 0) is 25.1 Å². The summed E-state index contributed by atoms with van der Waals surface area (Å²) in [6, 6.07) is 8.00. The molecule has 13 heteroatoms. The molecule has 3 unspecified atom stereocenters. The van der Waals surface area contributed by atoms with E-state index in [4.69, 9.17) is 16.3 Å². The molecule has 1 saturated heterocycles. The Hall–Kier alpha value is -3.27. The van der Waals surface area contributed by atoms with E-state index in [0.717, 1.165) is 4.90 Å². The maximum absolute atomic E-state index is 14.4. The Morgan fingerprint density at radius 2 is 2.00 bits per heavy atom. The van der Waals surface area contributed by atoms with E-state index in [1.807, 2.05) is 0 Å². The number of amides is 2. The highest BCUT2D eigenvalue weighted by molar-refractivity contribution is 7.57. The van der Waals surface area contributed by atoms with Crippen molar-refractivity contribution in [1.82, 2.24) is 14.8 Å². The van der Waals surface area contributed by atoms with Crippen molar-refractivity contribution in [3.63, 3.8) is 0 Å². The normalized spacial score (nSPS) is 18.5. The SMILES string of the molecule is CCP(=O)(O)COc1ccc2c(C(C)=O)cn(CC(=O)N3CC(F)CC3C(=O)NCc3cccc(Cl)c3F)c2c1. The maximum atomic E-state index is 14.4. The summed E-state index contributed by atoms with van der Waals surface area (Å²) in [5, 5.41) is 3.00. The first kappa shape index (κ1) is 29.7. The van der Waals surface area contributed by atoms with E-state index < -0.39 is 43.6 Å². The minimum Gasteiger partial charge on any atom is -0.483 e. The molecule has 2 heterocycles. The molecule has 2 aromatic carbocycles. The van der Waals surface area contributed by atoms with Crippen molar-refractivity contribution in [3.8, 4) is 5.75 Å². The molecule has 0 radical (unpaired) electrons. The third kappa shape index (κ3) is 6.54. The van der Waals surface area contributed by atoms with Crippen molar-refractivity contribution < 1.29 is 37.4 Å². The van der Waals surface area contributed by atoms with Crippen molar-refractivity contribution in [2.24, 2.45) is 0 Å². The van der Waals surface area contributed by atoms with Crippen LogP contribution in [0.1, 0.15) is 36.2 Å². The number of aromatic nitrogens is 1. The van der Waals surface area contributed by atoms with E-state index in [2.05, 4.69) is 5.32 Å². The zero-order chi connectivity index (χ0) is 29.2. The molecule has 1 aliphatic rings. The van der Waals surface area contributed by atoms with Gasteiger partial charge in [-0.1, -0.05) is 30.7 Å². The average molecular weight is 596 g/mol. The molecule has 3 aromatic rings. The van der Waals surface area contributed by atoms with Crippen LogP contribution in [-0.2, 0) is 27.2 Å². The molecule has 0 saturated carbocycles. The summed E-state index contributed by atoms with van der Waals surface area (Å²) in [5.41, 5.74) is 0.950. The number of Topliss-reactive ketones (excluding diaryl/α,β-unsaturated/α-hetero) is 1. The van der Waals surface area contributed by atoms with Crippen LogP contribution < -0.4 is 10.1 Å². The largest absolute Gasteiger partial charge is 0.483 e. The minimum absolute atomic E-state index is 0.0444. The monoisotopic (exact) mass is 595 g/mol. The number of carbonyl (C=O) groups is 3. The van der Waals surface area contributed by atoms with Crippen LogP contribution in [0.2, 0.25) is 5.02 Å². The van der Waals surface area contributed by atoms with Crippen molar-refractivity contribution in [3.05, 3.63) is 64.6 Å². The number of nitrogens with zero attached hydrogens (tertiary/aromatic N) is 2. The topological polar surface area (TPSA) is 118 Å². The number of halogens is 3. The van der Waals surface area contributed by atoms with Gasteiger partial charge in [0.05, 0.1) is 17.1 Å². The molecule has 9 nitrogen and oxygen atoms in total. The maximum Gasteiger partial charge on any atom is 0.243 e. The first-order chi connectivity index (χ1) is 18.9. The van der Waals surface area contributed by atoms with Gasteiger partial charge >= 0.3 is 0 Å². The zero-order valence-corrected chi connectivity index (χ0v) is 23.6. The molecule has 3 atom stereocenters. The molecule has 214 valence electrons. The number of hydrogen-bond donors (Lipinski definition) is 2. The number of hydrogen-bond acceptors (Lipinski definition) is 5. The Labute approximate surface area is 234 Å². The highest BCUT2D eigenvalue weighted by atomic mass is 35.5. The molecule has 0 spiro atoms. The number of ether oxygens (including phenoxy) is 1. The van der Waals surface area contributed by atoms with Crippen LogP contribution in [0.4, 0.5) is 8.78 Å². The summed E-state index contributed by atoms with van der Waals surface area (Å²) in [4.78, 5) is 49.5. The molecule has 2 amide bonds. The smallest absolute Gasteiger partial charge is 0.243 e. The summed E-state index contributed by atoms with van der Waals surface area (Å²) in [6.45, 7) is 2.17. The van der Waals surface area contributed by atoms with E-state index in [9.17, 15) is 32.6 Å². The predicted octanol–water partition coefficient (Wildman–Crippen LogP) is 4.52. The first-order valence-electron chi connectivity index (χ1n) is 12.6. The van der Waals surface area contributed by atoms with Crippen molar-refractivity contribution in [1.29, 1.82) is 0 Å². The molecular formula is C27H29ClF2N3O6P. The molecule has 0 bridgehead atoms. The number of benzene rings is 2. The van der Waals surface area contributed by atoms with Gasteiger partial charge in [-0.3, -0.25) is 18.9 Å². The molecule has 40 heavy (non-hydrogen) atoms. The molecule has 1 fully saturated rings. The second-order valence-corrected chi connectivity index (χ2v) is 12.7. The van der Waals surface area contributed by atoms with Gasteiger partial charge < -0.3 is 24.4 Å². The second kappa shape index (κ2) is 12.1. The van der Waals surface area contributed by atoms with Crippen LogP contribution in [-0.4, -0.2) is 63.2 Å². The van der Waals surface area contributed by atoms with Gasteiger partial charge in [-0.2, -0.15) is 0 Å². The Morgan fingerprint density at radius 1 is 1.25 bits per heavy atom. The fourth-order valence-corrected chi connectivity index (χ4v) is 5.30. The van der Waals surface area contributed by atoms with Crippen LogP contribution >= 0.6 is 19.0 Å². The molecule has 4 rings (SSSR count). The number of rotatable bonds is 10. The number of carbonyl (C=O) groups excluding carboxylic acids is 3. The fraction of sp³-hybridized carbons (Fsp3) is 0.370. The van der Waals surface area contributed by atoms with Crippen LogP contribution in [0.25, 0.3) is 10.9 Å². The van der Waals surface area contributed by atoms with Crippen LogP contribution in [0.5, 0.6) is 5.75 Å². The Balaban J connectivity index is 1.54. The lowest BCUT2D eigenvalue weighted by Gasteiger charge is -2.24. The van der Waals surface area contributed by atoms with Gasteiger partial charge in [0.2, 0.25) is 19.2 Å². The third-order valence-corrected chi connectivity index (χ3v) is 8.64. The summed E-state index contributed by atoms with van der Waals surface area (Å²) >= 11 is 5.79. The summed E-state index contributed by atoms with van der Waals surface area (Å²) in [7, 11) is -3.46. The zero-order valence-electron chi connectivity index (χ0n) is 21.9. The van der Waals surface area contributed by atoms with E-state index in [1.165, 1.54) is 35.9 Å². The quantitative estimate of drug-likeness (QED) is 0.263. The van der Waals surface area contributed by atoms with E-state index >= 15 is 0 Å². The third-order valence-electron chi connectivity index (χ3n) is 6.82. The lowest BCUT2D eigenvalue weighted by molar-refractivity contribution is -0.139. The first-order valence-corrected chi connectivity index (χ1v) is 15.0. The van der Waals surface area contributed by atoms with Gasteiger partial charge in [0.15, 0.2) is 12.1 Å². The Bertz CT molecular complexity index is 1510. The van der Waals surface area contributed by atoms with Crippen molar-refractivity contribution in [2.45, 2.75) is 45.6 Å². The average Bonchev–Trinajstić information content (AvgIpc) is 3.49. The van der Waals surface area contributed by atoms with Crippen molar-refractivity contribution in [2.75, 3.05) is 19.1 Å². The summed E-state index contributed by atoms with van der Waals surface area (Å²) in [5.74, 6) is -1.83. The number of alkyl halides is 1. The van der Waals surface area contributed by atoms with Gasteiger partial charge in [-0.15, -0.1) is 0 Å².